The van der Waals surface area contributed by atoms with E-state index in [4.69, 9.17) is 28.3 Å². The SMILES string of the molecule is CCCCCCCCOP(=O)(O)OCCCCCCCC.O=P(O)(O)O. The van der Waals surface area contributed by atoms with Crippen LogP contribution in [0.3, 0.4) is 0 Å². The minimum atomic E-state index is -4.64. The van der Waals surface area contributed by atoms with Crippen molar-refractivity contribution >= 4 is 15.6 Å². The van der Waals surface area contributed by atoms with E-state index in [2.05, 4.69) is 13.8 Å². The Kier molecular flexibility index (Phi) is 20.3. The second kappa shape index (κ2) is 18.6. The first-order valence-electron chi connectivity index (χ1n) is 9.52. The molecule has 0 aliphatic carbocycles. The number of phosphoric ester groups is 1. The van der Waals surface area contributed by atoms with Gasteiger partial charge in [-0.3, -0.25) is 9.05 Å². The van der Waals surface area contributed by atoms with E-state index in [1.807, 2.05) is 0 Å². The van der Waals surface area contributed by atoms with Crippen molar-refractivity contribution in [2.75, 3.05) is 13.2 Å². The van der Waals surface area contributed by atoms with Crippen LogP contribution in [0.5, 0.6) is 0 Å². The summed E-state index contributed by atoms with van der Waals surface area (Å²) < 4.78 is 30.4. The molecule has 0 unspecified atom stereocenters. The lowest BCUT2D eigenvalue weighted by Gasteiger charge is -2.12. The molecule has 0 heterocycles. The van der Waals surface area contributed by atoms with Gasteiger partial charge in [-0.1, -0.05) is 78.1 Å². The smallest absolute Gasteiger partial charge is 0.303 e. The number of phosphoric acid groups is 2. The van der Waals surface area contributed by atoms with Gasteiger partial charge in [0.2, 0.25) is 0 Å². The lowest BCUT2D eigenvalue weighted by molar-refractivity contribution is 0.145. The van der Waals surface area contributed by atoms with Gasteiger partial charge in [-0.15, -0.1) is 0 Å². The molecular formula is C16H38O8P2. The largest absolute Gasteiger partial charge is 0.472 e. The molecule has 0 aromatic carbocycles. The van der Waals surface area contributed by atoms with E-state index >= 15 is 0 Å². The van der Waals surface area contributed by atoms with Crippen LogP contribution in [-0.2, 0) is 18.2 Å². The van der Waals surface area contributed by atoms with E-state index in [-0.39, 0.29) is 0 Å². The number of hydrogen-bond acceptors (Lipinski definition) is 4. The van der Waals surface area contributed by atoms with Crippen LogP contribution in [-0.4, -0.2) is 32.8 Å². The van der Waals surface area contributed by atoms with E-state index in [1.54, 1.807) is 0 Å². The quantitative estimate of drug-likeness (QED) is 0.204. The van der Waals surface area contributed by atoms with E-state index < -0.39 is 15.6 Å². The highest BCUT2D eigenvalue weighted by atomic mass is 31.2. The van der Waals surface area contributed by atoms with Crippen molar-refractivity contribution < 1.29 is 37.8 Å². The monoisotopic (exact) mass is 420 g/mol. The van der Waals surface area contributed by atoms with Crippen molar-refractivity contribution in [3.05, 3.63) is 0 Å². The maximum absolute atomic E-state index is 11.6. The van der Waals surface area contributed by atoms with Gasteiger partial charge in [0.05, 0.1) is 13.2 Å². The normalized spacial score (nSPS) is 11.9. The molecule has 10 heteroatoms. The molecule has 8 nitrogen and oxygen atoms in total. The Balaban J connectivity index is 0. The van der Waals surface area contributed by atoms with Crippen molar-refractivity contribution in [2.24, 2.45) is 0 Å². The van der Waals surface area contributed by atoms with Gasteiger partial charge in [-0.2, -0.15) is 0 Å². The van der Waals surface area contributed by atoms with Crippen molar-refractivity contribution in [3.63, 3.8) is 0 Å². The molecule has 0 aromatic heterocycles. The second-order valence-electron chi connectivity index (χ2n) is 6.18. The van der Waals surface area contributed by atoms with Crippen molar-refractivity contribution in [3.8, 4) is 0 Å². The topological polar surface area (TPSA) is 134 Å². The molecule has 0 spiro atoms. The molecule has 0 radical (unpaired) electrons. The van der Waals surface area contributed by atoms with Crippen molar-refractivity contribution in [2.45, 2.75) is 90.9 Å². The van der Waals surface area contributed by atoms with Gasteiger partial charge in [-0.05, 0) is 12.8 Å². The Labute approximate surface area is 158 Å². The fourth-order valence-electron chi connectivity index (χ4n) is 2.16. The van der Waals surface area contributed by atoms with Gasteiger partial charge in [-0.25, -0.2) is 9.13 Å². The van der Waals surface area contributed by atoms with Gasteiger partial charge in [0.15, 0.2) is 0 Å². The molecule has 0 rings (SSSR count). The lowest BCUT2D eigenvalue weighted by Crippen LogP contribution is -1.99. The first-order valence-corrected chi connectivity index (χ1v) is 12.6. The molecule has 4 N–H and O–H groups in total. The van der Waals surface area contributed by atoms with E-state index in [9.17, 15) is 9.46 Å². The molecule has 0 atom stereocenters. The predicted octanol–water partition coefficient (Wildman–Crippen LogP) is 4.91. The van der Waals surface area contributed by atoms with Gasteiger partial charge in [0, 0.05) is 0 Å². The van der Waals surface area contributed by atoms with Crippen molar-refractivity contribution in [1.82, 2.24) is 0 Å². The van der Waals surface area contributed by atoms with Crippen LogP contribution in [0.2, 0.25) is 0 Å². The van der Waals surface area contributed by atoms with Gasteiger partial charge in [0.25, 0.3) is 0 Å². The molecule has 0 fully saturated rings. The summed E-state index contributed by atoms with van der Waals surface area (Å²) in [5.41, 5.74) is 0. The average Bonchev–Trinajstić information content (AvgIpc) is 2.51. The highest BCUT2D eigenvalue weighted by Gasteiger charge is 2.19. The Morgan fingerprint density at radius 1 is 0.577 bits per heavy atom. The van der Waals surface area contributed by atoms with Crippen LogP contribution >= 0.6 is 15.6 Å². The first kappa shape index (κ1) is 28.4. The van der Waals surface area contributed by atoms with Crippen LogP contribution in [0.15, 0.2) is 0 Å². The van der Waals surface area contributed by atoms with E-state index in [0.29, 0.717) is 13.2 Å². The summed E-state index contributed by atoms with van der Waals surface area (Å²) in [5, 5.41) is 0. The molecule has 0 aromatic rings. The van der Waals surface area contributed by atoms with Crippen molar-refractivity contribution in [1.29, 1.82) is 0 Å². The number of rotatable bonds is 16. The summed E-state index contributed by atoms with van der Waals surface area (Å²) in [6.07, 6.45) is 13.6. The summed E-state index contributed by atoms with van der Waals surface area (Å²) in [7, 11) is -8.45. The Hall–Kier alpha value is 0.220. The predicted molar refractivity (Wildman–Crippen MR) is 103 cm³/mol. The van der Waals surface area contributed by atoms with E-state index in [1.165, 1.54) is 51.4 Å². The minimum absolute atomic E-state index is 0.316. The van der Waals surface area contributed by atoms with E-state index in [0.717, 1.165) is 25.7 Å². The number of unbranched alkanes of at least 4 members (excludes halogenated alkanes) is 10. The third-order valence-corrected chi connectivity index (χ3v) is 4.52. The summed E-state index contributed by atoms with van der Waals surface area (Å²) in [5.74, 6) is 0. The number of hydrogen-bond donors (Lipinski definition) is 4. The Morgan fingerprint density at radius 2 is 0.846 bits per heavy atom. The first-order chi connectivity index (χ1) is 12.1. The fourth-order valence-corrected chi connectivity index (χ4v) is 2.96. The third-order valence-electron chi connectivity index (χ3n) is 3.50. The van der Waals surface area contributed by atoms with Gasteiger partial charge in [0.1, 0.15) is 0 Å². The third kappa shape index (κ3) is 31.9. The summed E-state index contributed by atoms with van der Waals surface area (Å²) >= 11 is 0. The molecular weight excluding hydrogens is 382 g/mol. The molecule has 0 saturated carbocycles. The fraction of sp³-hybridized carbons (Fsp3) is 1.00. The summed E-state index contributed by atoms with van der Waals surface area (Å²) in [6, 6.07) is 0. The maximum Gasteiger partial charge on any atom is 0.472 e. The van der Waals surface area contributed by atoms with Crippen LogP contribution in [0.25, 0.3) is 0 Å². The molecule has 160 valence electrons. The van der Waals surface area contributed by atoms with Gasteiger partial charge < -0.3 is 19.6 Å². The molecule has 0 aliphatic rings. The van der Waals surface area contributed by atoms with Gasteiger partial charge >= 0.3 is 15.6 Å². The zero-order chi connectivity index (χ0) is 20.3. The van der Waals surface area contributed by atoms with Crippen LogP contribution in [0.4, 0.5) is 0 Å². The highest BCUT2D eigenvalue weighted by Crippen LogP contribution is 2.43. The standard InChI is InChI=1S/C16H35O4P.H3O4P/c1-3-5-7-9-11-13-15-19-21(17,18)20-16-14-12-10-8-6-4-2;1-5(2,3)4/h3-16H2,1-2H3,(H,17,18);(H3,1,2,3,4). The minimum Gasteiger partial charge on any atom is -0.303 e. The molecule has 26 heavy (non-hydrogen) atoms. The zero-order valence-electron chi connectivity index (χ0n) is 16.2. The Bertz CT molecular complexity index is 356. The molecule has 0 bridgehead atoms. The lowest BCUT2D eigenvalue weighted by atomic mass is 10.1. The summed E-state index contributed by atoms with van der Waals surface area (Å²) in [6.45, 7) is 5.01. The molecule has 0 aliphatic heterocycles. The summed E-state index contributed by atoms with van der Waals surface area (Å²) in [4.78, 5) is 31.1. The average molecular weight is 420 g/mol. The van der Waals surface area contributed by atoms with Crippen LogP contribution < -0.4 is 0 Å². The maximum atomic E-state index is 11.6. The molecule has 0 saturated heterocycles. The highest BCUT2D eigenvalue weighted by molar-refractivity contribution is 7.47. The zero-order valence-corrected chi connectivity index (χ0v) is 18.0. The molecule has 0 amide bonds. The van der Waals surface area contributed by atoms with Crippen LogP contribution in [0.1, 0.15) is 90.9 Å². The Morgan fingerprint density at radius 3 is 1.15 bits per heavy atom. The second-order valence-corrected chi connectivity index (χ2v) is 8.66. The van der Waals surface area contributed by atoms with Crippen LogP contribution in [0, 0.1) is 0 Å².